The molecule has 13 heteroatoms. The highest BCUT2D eigenvalue weighted by Crippen LogP contribution is 2.44. The molecule has 0 atom stereocenters. The van der Waals surface area contributed by atoms with Crippen molar-refractivity contribution in [2.45, 2.75) is 52.4 Å². The smallest absolute Gasteiger partial charge is 0.200 e. The summed E-state index contributed by atoms with van der Waals surface area (Å²) in [6, 6.07) is 17.2. The van der Waals surface area contributed by atoms with E-state index in [1.807, 2.05) is 84.0 Å². The Morgan fingerprint density at radius 1 is 0.397 bits per heavy atom. The summed E-state index contributed by atoms with van der Waals surface area (Å²) in [5, 5.41) is 0. The summed E-state index contributed by atoms with van der Waals surface area (Å²) >= 11 is 0. The zero-order chi connectivity index (χ0) is 41.7. The summed E-state index contributed by atoms with van der Waals surface area (Å²) in [4.78, 5) is 14.8. The second kappa shape index (κ2) is 13.2. The average Bonchev–Trinajstić information content (AvgIpc) is 3.98. The molecule has 4 aromatic heterocycles. The molecule has 0 radical (unpaired) electrons. The molecule has 0 fully saturated rings. The lowest BCUT2D eigenvalue weighted by Gasteiger charge is -2.22. The van der Waals surface area contributed by atoms with Gasteiger partial charge in [-0.25, -0.2) is 26.9 Å². The fourth-order valence-electron chi connectivity index (χ4n) is 7.59. The highest BCUT2D eigenvalue weighted by atomic mass is 19.2. The summed E-state index contributed by atoms with van der Waals surface area (Å²) in [6.45, 7) is 12.2. The van der Waals surface area contributed by atoms with Gasteiger partial charge in [-0.1, -0.05) is 41.5 Å². The normalized spacial score (nSPS) is 12.6. The zero-order valence-corrected chi connectivity index (χ0v) is 32.6. The molecule has 0 spiro atoms. The first-order chi connectivity index (χ1) is 27.2. The molecule has 7 aromatic rings. The van der Waals surface area contributed by atoms with Crippen LogP contribution in [0.15, 0.2) is 60.7 Å². The maximum atomic E-state index is 16.0. The van der Waals surface area contributed by atoms with E-state index in [-0.39, 0.29) is 27.4 Å². The predicted octanol–water partition coefficient (Wildman–Crippen LogP) is 11.3. The van der Waals surface area contributed by atoms with Crippen LogP contribution in [0.3, 0.4) is 0 Å². The van der Waals surface area contributed by atoms with Crippen LogP contribution >= 0.6 is 0 Å². The third-order valence-electron chi connectivity index (χ3n) is 10.7. The van der Waals surface area contributed by atoms with Gasteiger partial charge in [0.25, 0.3) is 0 Å². The van der Waals surface area contributed by atoms with Gasteiger partial charge in [-0.15, -0.1) is 0 Å². The summed E-state index contributed by atoms with van der Waals surface area (Å²) in [7, 11) is 0. The Balaban J connectivity index is 1.59. The van der Waals surface area contributed by atoms with E-state index < -0.39 is 34.6 Å². The highest BCUT2D eigenvalue weighted by molar-refractivity contribution is 6.05. The molecule has 0 saturated carbocycles. The third kappa shape index (κ3) is 6.08. The van der Waals surface area contributed by atoms with E-state index in [1.165, 1.54) is 12.1 Å². The van der Waals surface area contributed by atoms with Gasteiger partial charge in [-0.2, -0.15) is 0 Å². The van der Waals surface area contributed by atoms with Gasteiger partial charge in [0, 0.05) is 78.2 Å². The molecule has 0 amide bonds. The van der Waals surface area contributed by atoms with E-state index in [0.29, 0.717) is 78.5 Å². The van der Waals surface area contributed by atoms with E-state index in [1.54, 1.807) is 18.2 Å². The van der Waals surface area contributed by atoms with E-state index in [4.69, 9.17) is 27.9 Å². The number of nitrogen functional groups attached to an aromatic ring is 4. The minimum Gasteiger partial charge on any atom is -0.398 e. The Morgan fingerprint density at radius 3 is 1.12 bits per heavy atom. The van der Waals surface area contributed by atoms with Crippen LogP contribution in [0.1, 0.15) is 64.1 Å². The van der Waals surface area contributed by atoms with Gasteiger partial charge < -0.3 is 37.9 Å². The quantitative estimate of drug-likeness (QED) is 0.0409. The third-order valence-corrected chi connectivity index (χ3v) is 10.7. The van der Waals surface area contributed by atoms with Gasteiger partial charge in [0.05, 0.1) is 22.5 Å². The van der Waals surface area contributed by atoms with Crippen molar-refractivity contribution in [2.75, 3.05) is 22.9 Å². The Hall–Kier alpha value is -6.76. The maximum absolute atomic E-state index is 16.0. The minimum absolute atomic E-state index is 0.00546. The van der Waals surface area contributed by atoms with Gasteiger partial charge in [-0.05, 0) is 94.8 Å². The number of nitrogens with one attached hydrogen (secondary N) is 3. The number of nitrogens with zero attached hydrogens (tertiary/aromatic N) is 1. The zero-order valence-electron chi connectivity index (χ0n) is 32.6. The lowest BCUT2D eigenvalue weighted by molar-refractivity contribution is 0.381. The van der Waals surface area contributed by atoms with Crippen molar-refractivity contribution in [3.05, 3.63) is 112 Å². The van der Waals surface area contributed by atoms with Crippen molar-refractivity contribution in [1.82, 2.24) is 19.9 Å². The van der Waals surface area contributed by atoms with Gasteiger partial charge in [0.2, 0.25) is 5.82 Å². The lowest BCUT2D eigenvalue weighted by atomic mass is 9.84. The molecule has 8 bridgehead atoms. The summed E-state index contributed by atoms with van der Waals surface area (Å²) < 4.78 is 76.5. The number of benzene rings is 3. The van der Waals surface area contributed by atoms with Crippen molar-refractivity contribution >= 4 is 68.0 Å². The fourth-order valence-corrected chi connectivity index (χ4v) is 7.59. The first-order valence-electron chi connectivity index (χ1n) is 18.5. The molecule has 58 heavy (non-hydrogen) atoms. The number of hydrogen-bond acceptors (Lipinski definition) is 5. The van der Waals surface area contributed by atoms with Crippen LogP contribution in [0.4, 0.5) is 44.7 Å². The molecule has 8 nitrogen and oxygen atoms in total. The minimum atomic E-state index is -2.28. The fraction of sp³-hybridized carbons (Fsp3) is 0.178. The van der Waals surface area contributed by atoms with Crippen LogP contribution < -0.4 is 22.9 Å². The van der Waals surface area contributed by atoms with Gasteiger partial charge in [0.15, 0.2) is 23.3 Å². The van der Waals surface area contributed by atoms with Crippen molar-refractivity contribution in [3.63, 3.8) is 0 Å². The Bertz CT molecular complexity index is 2950. The van der Waals surface area contributed by atoms with E-state index in [9.17, 15) is 4.39 Å². The molecule has 296 valence electrons. The lowest BCUT2D eigenvalue weighted by Crippen LogP contribution is -2.13. The second-order valence-electron chi connectivity index (χ2n) is 16.7. The van der Waals surface area contributed by atoms with Crippen LogP contribution in [0.5, 0.6) is 0 Å². The summed E-state index contributed by atoms with van der Waals surface area (Å²) in [5.74, 6) is -10.5. The van der Waals surface area contributed by atoms with Crippen LogP contribution in [0, 0.1) is 29.1 Å². The monoisotopic (exact) mass is 788 g/mol. The summed E-state index contributed by atoms with van der Waals surface area (Å²) in [6.07, 6.45) is 3.60. The molecule has 1 aliphatic heterocycles. The number of aromatic nitrogens is 4. The molecule has 0 unspecified atom stereocenters. The van der Waals surface area contributed by atoms with Crippen LogP contribution in [-0.4, -0.2) is 19.9 Å². The van der Waals surface area contributed by atoms with Gasteiger partial charge in [0.1, 0.15) is 0 Å². The van der Waals surface area contributed by atoms with E-state index in [2.05, 4.69) is 15.0 Å². The molecule has 1 aliphatic rings. The predicted molar refractivity (Wildman–Crippen MR) is 226 cm³/mol. The number of fused-ring (bicyclic) bond motifs is 9. The number of hydrogen-bond donors (Lipinski definition) is 7. The van der Waals surface area contributed by atoms with Gasteiger partial charge in [-0.3, -0.25) is 0 Å². The number of H-pyrrole nitrogens is 3. The van der Waals surface area contributed by atoms with Crippen molar-refractivity contribution in [2.24, 2.45) is 0 Å². The largest absolute Gasteiger partial charge is 0.398 e. The number of nitrogens with two attached hydrogens (primary N) is 4. The van der Waals surface area contributed by atoms with Crippen molar-refractivity contribution < 1.29 is 22.0 Å². The molecule has 0 aliphatic carbocycles. The van der Waals surface area contributed by atoms with Crippen molar-refractivity contribution in [1.29, 1.82) is 0 Å². The van der Waals surface area contributed by atoms with Gasteiger partial charge >= 0.3 is 0 Å². The average molecular weight is 789 g/mol. The Labute approximate surface area is 330 Å². The number of anilines is 4. The van der Waals surface area contributed by atoms with Crippen molar-refractivity contribution in [3.8, 4) is 33.4 Å². The molecule has 0 saturated heterocycles. The molecule has 5 heterocycles. The van der Waals surface area contributed by atoms with E-state index >= 15 is 17.6 Å². The van der Waals surface area contributed by atoms with Crippen LogP contribution in [0.25, 0.3) is 78.6 Å². The molecule has 11 N–H and O–H groups in total. The molecule has 8 rings (SSSR count). The topological polar surface area (TPSA) is 164 Å². The summed E-state index contributed by atoms with van der Waals surface area (Å²) in [5.41, 5.74) is 32.9. The molecule has 3 aromatic carbocycles. The molecular weight excluding hydrogens is 748 g/mol. The highest BCUT2D eigenvalue weighted by Gasteiger charge is 2.29. The van der Waals surface area contributed by atoms with E-state index in [0.717, 1.165) is 11.1 Å². The Morgan fingerprint density at radius 2 is 0.707 bits per heavy atom. The first-order valence-corrected chi connectivity index (χ1v) is 18.5. The number of aromatic amines is 3. The molecular formula is C45H41F5N8. The van der Waals surface area contributed by atoms with Crippen LogP contribution in [-0.2, 0) is 10.8 Å². The number of rotatable bonds is 3. The first kappa shape index (κ1) is 38.1. The maximum Gasteiger partial charge on any atom is 0.200 e. The van der Waals surface area contributed by atoms with Crippen LogP contribution in [0.2, 0.25) is 0 Å². The Kier molecular flexibility index (Phi) is 8.65. The standard InChI is InChI=1S/C45H41F5N8/c1-44(2,3)19-15-21(51)33(22(52)16-19)35-27-9-7-25(55-27)26-8-10-28(56-26)36(34-23(53)17-20(18-24(34)54)45(4,5)6)30-12-14-32(58-30)37(31-13-11-29(35)57-31)38-39(46)41(48)43(50)42(49)40(38)47/h7-18,55,57-58H,51-54H2,1-6H3. The number of halogens is 5. The second-order valence-corrected chi connectivity index (χ2v) is 16.7. The SMILES string of the molecule is CC(C)(C)c1cc(N)c(-c2c3nc(c4ccc([nH]4)c(-c4c(N)cc(C(C)(C)C)cc4N)c4ccc([nH]4)c(-c4c(F)c(F)c(F)c(F)c4F)c4ccc2[nH]4)C=C3)c(N)c1.